The predicted octanol–water partition coefficient (Wildman–Crippen LogP) is 3.71. The monoisotopic (exact) mass is 260 g/mol. The molecule has 0 amide bonds. The Kier molecular flexibility index (Phi) is 3.92. The average molecular weight is 260 g/mol. The molecule has 2 nitrogen and oxygen atoms in total. The quantitative estimate of drug-likeness (QED) is 0.849. The number of anilines is 2. The van der Waals surface area contributed by atoms with Gasteiger partial charge in [-0.25, -0.2) is 0 Å². The van der Waals surface area contributed by atoms with Crippen LogP contribution < -0.4 is 10.6 Å². The summed E-state index contributed by atoms with van der Waals surface area (Å²) < 4.78 is 0. The molecule has 2 aromatic rings. The molecular formula is C15H20N2S. The van der Waals surface area contributed by atoms with Crippen molar-refractivity contribution in [2.24, 2.45) is 0 Å². The largest absolute Gasteiger partial charge is 0.397 e. The Morgan fingerprint density at radius 2 is 2.06 bits per heavy atom. The van der Waals surface area contributed by atoms with Gasteiger partial charge in [-0.3, -0.25) is 0 Å². The summed E-state index contributed by atoms with van der Waals surface area (Å²) in [6.07, 6.45) is 1.06. The number of nitrogens with zero attached hydrogens (tertiary/aromatic N) is 1. The van der Waals surface area contributed by atoms with Crippen molar-refractivity contribution < 1.29 is 0 Å². The minimum Gasteiger partial charge on any atom is -0.397 e. The molecule has 0 fully saturated rings. The van der Waals surface area contributed by atoms with Crippen molar-refractivity contribution in [3.05, 3.63) is 46.2 Å². The van der Waals surface area contributed by atoms with E-state index in [0.717, 1.165) is 17.8 Å². The Bertz CT molecular complexity index is 485. The molecule has 1 aromatic carbocycles. The number of hydrogen-bond donors (Lipinski definition) is 1. The van der Waals surface area contributed by atoms with Crippen LogP contribution in [0.3, 0.4) is 0 Å². The van der Waals surface area contributed by atoms with Crippen LogP contribution in [0.25, 0.3) is 0 Å². The fraction of sp³-hybridized carbons (Fsp3) is 0.333. The Balaban J connectivity index is 2.17. The summed E-state index contributed by atoms with van der Waals surface area (Å²) >= 11 is 1.81. The van der Waals surface area contributed by atoms with Crippen molar-refractivity contribution in [2.75, 3.05) is 17.7 Å². The molecule has 3 heteroatoms. The van der Waals surface area contributed by atoms with Gasteiger partial charge in [0.05, 0.1) is 11.4 Å². The lowest BCUT2D eigenvalue weighted by molar-refractivity contribution is 0.687. The first-order valence-electron chi connectivity index (χ1n) is 6.20. The van der Waals surface area contributed by atoms with Crippen molar-refractivity contribution in [1.29, 1.82) is 0 Å². The van der Waals surface area contributed by atoms with Crippen molar-refractivity contribution in [3.8, 4) is 0 Å². The summed E-state index contributed by atoms with van der Waals surface area (Å²) in [5.74, 6) is 0. The zero-order chi connectivity index (χ0) is 13.1. The van der Waals surface area contributed by atoms with Crippen molar-refractivity contribution in [3.63, 3.8) is 0 Å². The van der Waals surface area contributed by atoms with Gasteiger partial charge in [0.2, 0.25) is 0 Å². The number of nitrogens with two attached hydrogens (primary N) is 1. The maximum absolute atomic E-state index is 6.09. The van der Waals surface area contributed by atoms with E-state index in [2.05, 4.69) is 49.4 Å². The third kappa shape index (κ3) is 2.67. The second-order valence-corrected chi connectivity index (χ2v) is 5.79. The molecule has 1 atom stereocenters. The first-order chi connectivity index (χ1) is 8.59. The highest BCUT2D eigenvalue weighted by Gasteiger charge is 2.15. The van der Waals surface area contributed by atoms with E-state index < -0.39 is 0 Å². The van der Waals surface area contributed by atoms with E-state index in [-0.39, 0.29) is 0 Å². The van der Waals surface area contributed by atoms with Crippen LogP contribution in [0, 0.1) is 6.92 Å². The number of aryl methyl sites for hydroxylation is 1. The zero-order valence-electron chi connectivity index (χ0n) is 11.2. The van der Waals surface area contributed by atoms with Crippen LogP contribution in [-0.2, 0) is 6.42 Å². The molecule has 1 heterocycles. The van der Waals surface area contributed by atoms with E-state index in [9.17, 15) is 0 Å². The van der Waals surface area contributed by atoms with Gasteiger partial charge in [0, 0.05) is 24.4 Å². The molecule has 1 unspecified atom stereocenters. The first kappa shape index (κ1) is 13.0. The fourth-order valence-corrected chi connectivity index (χ4v) is 3.07. The lowest BCUT2D eigenvalue weighted by Gasteiger charge is -2.29. The van der Waals surface area contributed by atoms with Crippen LogP contribution in [0.1, 0.15) is 17.4 Å². The third-order valence-corrected chi connectivity index (χ3v) is 4.26. The number of hydrogen-bond acceptors (Lipinski definition) is 3. The number of rotatable bonds is 4. The van der Waals surface area contributed by atoms with Gasteiger partial charge in [0.1, 0.15) is 0 Å². The van der Waals surface area contributed by atoms with Gasteiger partial charge >= 0.3 is 0 Å². The first-order valence-corrected chi connectivity index (χ1v) is 7.08. The summed E-state index contributed by atoms with van der Waals surface area (Å²) in [5.41, 5.74) is 9.34. The Labute approximate surface area is 113 Å². The zero-order valence-corrected chi connectivity index (χ0v) is 12.0. The third-order valence-electron chi connectivity index (χ3n) is 3.36. The van der Waals surface area contributed by atoms with Gasteiger partial charge in [0.15, 0.2) is 0 Å². The van der Waals surface area contributed by atoms with Crippen molar-refractivity contribution in [1.82, 2.24) is 0 Å². The summed E-state index contributed by atoms with van der Waals surface area (Å²) in [5, 5.41) is 2.13. The predicted molar refractivity (Wildman–Crippen MR) is 81.5 cm³/mol. The lowest BCUT2D eigenvalue weighted by Crippen LogP contribution is -2.31. The minimum absolute atomic E-state index is 0.437. The van der Waals surface area contributed by atoms with Crippen LogP contribution in [0.5, 0.6) is 0 Å². The molecule has 18 heavy (non-hydrogen) atoms. The molecule has 0 saturated heterocycles. The molecule has 0 aliphatic rings. The summed E-state index contributed by atoms with van der Waals surface area (Å²) in [4.78, 5) is 3.70. The molecule has 0 bridgehead atoms. The van der Waals surface area contributed by atoms with Crippen LogP contribution in [0.4, 0.5) is 11.4 Å². The molecule has 0 aliphatic heterocycles. The second kappa shape index (κ2) is 5.44. The van der Waals surface area contributed by atoms with Crippen LogP contribution in [0.2, 0.25) is 0 Å². The van der Waals surface area contributed by atoms with E-state index in [1.54, 1.807) is 0 Å². The maximum Gasteiger partial charge on any atom is 0.0629 e. The SMILES string of the molecule is Cc1cccc(N)c1N(C)C(C)Cc1cccs1. The molecule has 0 saturated carbocycles. The number of likely N-dealkylation sites (N-methyl/N-ethyl adjacent to an activating group) is 1. The molecule has 96 valence electrons. The average Bonchev–Trinajstić information content (AvgIpc) is 2.81. The molecule has 2 N–H and O–H groups in total. The minimum atomic E-state index is 0.437. The molecule has 0 radical (unpaired) electrons. The summed E-state index contributed by atoms with van der Waals surface area (Å²) in [6.45, 7) is 4.35. The smallest absolute Gasteiger partial charge is 0.0629 e. The lowest BCUT2D eigenvalue weighted by atomic mass is 10.1. The van der Waals surface area contributed by atoms with Crippen LogP contribution >= 0.6 is 11.3 Å². The van der Waals surface area contributed by atoms with E-state index >= 15 is 0 Å². The molecule has 1 aromatic heterocycles. The molecule has 0 spiro atoms. The fourth-order valence-electron chi connectivity index (χ4n) is 2.24. The van der Waals surface area contributed by atoms with Gasteiger partial charge in [0.25, 0.3) is 0 Å². The second-order valence-electron chi connectivity index (χ2n) is 4.76. The Hall–Kier alpha value is -1.48. The van der Waals surface area contributed by atoms with E-state index in [4.69, 9.17) is 5.73 Å². The van der Waals surface area contributed by atoms with Crippen molar-refractivity contribution >= 4 is 22.7 Å². The Morgan fingerprint density at radius 3 is 2.67 bits per heavy atom. The van der Waals surface area contributed by atoms with E-state index in [1.165, 1.54) is 10.4 Å². The Morgan fingerprint density at radius 1 is 1.28 bits per heavy atom. The summed E-state index contributed by atoms with van der Waals surface area (Å²) in [7, 11) is 2.12. The van der Waals surface area contributed by atoms with Gasteiger partial charge in [-0.05, 0) is 36.9 Å². The molecule has 2 rings (SSSR count). The highest BCUT2D eigenvalue weighted by molar-refractivity contribution is 7.09. The van der Waals surface area contributed by atoms with Crippen molar-refractivity contribution in [2.45, 2.75) is 26.3 Å². The maximum atomic E-state index is 6.09. The number of benzene rings is 1. The molecular weight excluding hydrogens is 240 g/mol. The van der Waals surface area contributed by atoms with E-state index in [1.807, 2.05) is 23.5 Å². The van der Waals surface area contributed by atoms with Gasteiger partial charge < -0.3 is 10.6 Å². The summed E-state index contributed by atoms with van der Waals surface area (Å²) in [6, 6.07) is 10.8. The normalized spacial score (nSPS) is 12.4. The highest BCUT2D eigenvalue weighted by Crippen LogP contribution is 2.28. The van der Waals surface area contributed by atoms with Crippen LogP contribution in [0.15, 0.2) is 35.7 Å². The standard InChI is InChI=1S/C15H20N2S/c1-11-6-4-8-14(16)15(11)17(3)12(2)10-13-7-5-9-18-13/h4-9,12H,10,16H2,1-3H3. The van der Waals surface area contributed by atoms with Gasteiger partial charge in [-0.1, -0.05) is 18.2 Å². The van der Waals surface area contributed by atoms with Gasteiger partial charge in [-0.2, -0.15) is 0 Å². The van der Waals surface area contributed by atoms with Crippen LogP contribution in [-0.4, -0.2) is 13.1 Å². The highest BCUT2D eigenvalue weighted by atomic mass is 32.1. The van der Waals surface area contributed by atoms with Gasteiger partial charge in [-0.15, -0.1) is 11.3 Å². The molecule has 0 aliphatic carbocycles. The van der Waals surface area contributed by atoms with E-state index in [0.29, 0.717) is 6.04 Å². The number of nitrogen functional groups attached to an aromatic ring is 1. The number of para-hydroxylation sites is 1. The topological polar surface area (TPSA) is 29.3 Å². The number of thiophene rings is 1.